The zero-order valence-corrected chi connectivity index (χ0v) is 18.9. The van der Waals surface area contributed by atoms with Crippen molar-refractivity contribution >= 4 is 17.4 Å². The fraction of sp³-hybridized carbons (Fsp3) is 0.280. The number of benzene rings is 1. The number of hydrogen-bond donors (Lipinski definition) is 2. The number of fused-ring (bicyclic) bond motifs is 3. The van der Waals surface area contributed by atoms with Crippen LogP contribution in [0.15, 0.2) is 36.7 Å². The van der Waals surface area contributed by atoms with Gasteiger partial charge in [-0.25, -0.2) is 4.39 Å². The van der Waals surface area contributed by atoms with Crippen LogP contribution in [-0.2, 0) is 17.8 Å². The van der Waals surface area contributed by atoms with E-state index in [4.69, 9.17) is 14.6 Å². The highest BCUT2D eigenvalue weighted by Gasteiger charge is 2.31. The molecule has 9 nitrogen and oxygen atoms in total. The van der Waals surface area contributed by atoms with Crippen molar-refractivity contribution in [2.75, 3.05) is 18.5 Å². The van der Waals surface area contributed by atoms with Gasteiger partial charge in [-0.05, 0) is 31.2 Å². The minimum Gasteiger partial charge on any atom is -0.493 e. The number of aliphatic carboxylic acids is 1. The molecule has 0 amide bonds. The highest BCUT2D eigenvalue weighted by atomic mass is 19.1. The topological polar surface area (TPSA) is 111 Å². The van der Waals surface area contributed by atoms with E-state index >= 15 is 0 Å². The van der Waals surface area contributed by atoms with E-state index in [1.807, 2.05) is 25.1 Å². The van der Waals surface area contributed by atoms with Gasteiger partial charge in [0.15, 0.2) is 17.2 Å². The van der Waals surface area contributed by atoms with Gasteiger partial charge in [0.2, 0.25) is 0 Å². The van der Waals surface area contributed by atoms with Crippen LogP contribution in [0, 0.1) is 12.7 Å². The van der Waals surface area contributed by atoms with Crippen molar-refractivity contribution in [2.45, 2.75) is 32.2 Å². The van der Waals surface area contributed by atoms with Gasteiger partial charge in [-0.2, -0.15) is 0 Å². The van der Waals surface area contributed by atoms with Gasteiger partial charge in [0.25, 0.3) is 0 Å². The predicted molar refractivity (Wildman–Crippen MR) is 124 cm³/mol. The van der Waals surface area contributed by atoms with Gasteiger partial charge in [-0.3, -0.25) is 14.2 Å². The zero-order valence-electron chi connectivity index (χ0n) is 18.9. The monoisotopic (exact) mass is 475 g/mol. The van der Waals surface area contributed by atoms with E-state index in [0.29, 0.717) is 53.9 Å². The number of halogens is 1. The molecule has 0 unspecified atom stereocenters. The average Bonchev–Trinajstić information content (AvgIpc) is 3.49. The molecule has 0 radical (unpaired) electrons. The molecule has 0 saturated carbocycles. The number of nitrogens with zero attached hydrogens (tertiary/aromatic N) is 4. The van der Waals surface area contributed by atoms with Crippen molar-refractivity contribution in [2.24, 2.45) is 0 Å². The molecule has 6 rings (SSSR count). The number of nitrogens with one attached hydrogen (secondary N) is 1. The van der Waals surface area contributed by atoms with Crippen molar-refractivity contribution in [1.82, 2.24) is 19.6 Å². The Hall–Kier alpha value is -4.21. The summed E-state index contributed by atoms with van der Waals surface area (Å²) in [6, 6.07) is 8.75. The smallest absolute Gasteiger partial charge is 0.303 e. The van der Waals surface area contributed by atoms with Gasteiger partial charge in [0, 0.05) is 46.6 Å². The third kappa shape index (κ3) is 3.61. The summed E-state index contributed by atoms with van der Waals surface area (Å²) in [5.74, 6) is 0.695. The fourth-order valence-electron chi connectivity index (χ4n) is 4.85. The first-order valence-electron chi connectivity index (χ1n) is 11.4. The second-order valence-corrected chi connectivity index (χ2v) is 8.73. The minimum absolute atomic E-state index is 0.0220. The molecule has 178 valence electrons. The third-order valence-corrected chi connectivity index (χ3v) is 6.55. The van der Waals surface area contributed by atoms with Gasteiger partial charge in [-0.15, -0.1) is 10.2 Å². The van der Waals surface area contributed by atoms with Gasteiger partial charge >= 0.3 is 5.97 Å². The molecule has 0 aliphatic carbocycles. The Labute approximate surface area is 199 Å². The summed E-state index contributed by atoms with van der Waals surface area (Å²) in [6.45, 7) is 2.90. The Balaban J connectivity index is 1.43. The Bertz CT molecular complexity index is 1480. The summed E-state index contributed by atoms with van der Waals surface area (Å²) >= 11 is 0. The molecule has 1 atom stereocenters. The maximum absolute atomic E-state index is 14.8. The van der Waals surface area contributed by atoms with Crippen LogP contribution in [0.1, 0.15) is 34.9 Å². The lowest BCUT2D eigenvalue weighted by atomic mass is 9.96. The van der Waals surface area contributed by atoms with Crippen molar-refractivity contribution in [1.29, 1.82) is 0 Å². The van der Waals surface area contributed by atoms with E-state index in [-0.39, 0.29) is 24.7 Å². The molecular formula is C25H22FN5O4. The zero-order chi connectivity index (χ0) is 24.1. The quantitative estimate of drug-likeness (QED) is 0.459. The average molecular weight is 475 g/mol. The SMILES string of the molecule is Cc1nc(CCC(=O)O)ccc1-c1cc2c(n3cnnc13)NCc1c(F)ccc3c1[C@H](CO3)CO2. The predicted octanol–water partition coefficient (Wildman–Crippen LogP) is 3.74. The molecule has 5 heterocycles. The summed E-state index contributed by atoms with van der Waals surface area (Å²) in [6.07, 6.45) is 1.97. The number of hydrogen-bond acceptors (Lipinski definition) is 7. The third-order valence-electron chi connectivity index (χ3n) is 6.55. The van der Waals surface area contributed by atoms with Crippen molar-refractivity contribution in [3.8, 4) is 22.6 Å². The molecule has 2 aliphatic rings. The van der Waals surface area contributed by atoms with E-state index in [9.17, 15) is 9.18 Å². The highest BCUT2D eigenvalue weighted by molar-refractivity contribution is 5.83. The molecule has 35 heavy (non-hydrogen) atoms. The second-order valence-electron chi connectivity index (χ2n) is 8.73. The fourth-order valence-corrected chi connectivity index (χ4v) is 4.85. The number of anilines is 1. The summed E-state index contributed by atoms with van der Waals surface area (Å²) in [5, 5.41) is 20.7. The Morgan fingerprint density at radius 1 is 1.20 bits per heavy atom. The molecular weight excluding hydrogens is 453 g/mol. The van der Waals surface area contributed by atoms with Crippen molar-refractivity contribution in [3.63, 3.8) is 0 Å². The number of pyridine rings is 2. The van der Waals surface area contributed by atoms with E-state index in [2.05, 4.69) is 20.5 Å². The maximum Gasteiger partial charge on any atom is 0.303 e. The largest absolute Gasteiger partial charge is 0.493 e. The minimum atomic E-state index is -0.859. The highest BCUT2D eigenvalue weighted by Crippen LogP contribution is 2.42. The summed E-state index contributed by atoms with van der Waals surface area (Å²) in [5.41, 5.74) is 5.11. The van der Waals surface area contributed by atoms with Crippen LogP contribution in [-0.4, -0.2) is 43.9 Å². The molecule has 10 heteroatoms. The van der Waals surface area contributed by atoms with Crippen LogP contribution < -0.4 is 14.8 Å². The van der Waals surface area contributed by atoms with E-state index in [0.717, 1.165) is 22.4 Å². The van der Waals surface area contributed by atoms with Crippen molar-refractivity contribution < 1.29 is 23.8 Å². The molecule has 2 N–H and O–H groups in total. The molecule has 0 spiro atoms. The Morgan fingerprint density at radius 3 is 2.83 bits per heavy atom. The van der Waals surface area contributed by atoms with E-state index in [1.54, 1.807) is 16.8 Å². The van der Waals surface area contributed by atoms with Crippen LogP contribution in [0.5, 0.6) is 11.5 Å². The number of aryl methyl sites for hydroxylation is 2. The lowest BCUT2D eigenvalue weighted by Gasteiger charge is -2.17. The van der Waals surface area contributed by atoms with Crippen LogP contribution in [0.2, 0.25) is 0 Å². The van der Waals surface area contributed by atoms with Crippen LogP contribution in [0.4, 0.5) is 10.2 Å². The van der Waals surface area contributed by atoms with Gasteiger partial charge in [0.05, 0.1) is 25.6 Å². The lowest BCUT2D eigenvalue weighted by Crippen LogP contribution is -2.13. The van der Waals surface area contributed by atoms with Crippen LogP contribution in [0.25, 0.3) is 16.8 Å². The van der Waals surface area contributed by atoms with Gasteiger partial charge in [-0.1, -0.05) is 6.07 Å². The first-order valence-corrected chi connectivity index (χ1v) is 11.4. The number of ether oxygens (including phenoxy) is 2. The van der Waals surface area contributed by atoms with Crippen LogP contribution in [0.3, 0.4) is 0 Å². The van der Waals surface area contributed by atoms with E-state index in [1.165, 1.54) is 6.07 Å². The molecule has 0 saturated heterocycles. The first kappa shape index (κ1) is 21.3. The molecule has 2 aliphatic heterocycles. The molecule has 0 bridgehead atoms. The Kier molecular flexibility index (Phi) is 5.01. The standard InChI is InChI=1S/C25H22FN5O4/c1-13-16(4-2-15(29-13)3-7-22(32)33)17-8-21-25(31-12-28-30-24(17)31)27-9-18-19(26)5-6-20-23(18)14(10-34-20)11-35-21/h2,4-6,8,12,14,27H,3,7,9-11H2,1H3,(H,32,33)/t14-/m1/s1. The Morgan fingerprint density at radius 2 is 2.03 bits per heavy atom. The van der Waals surface area contributed by atoms with Gasteiger partial charge in [0.1, 0.15) is 17.9 Å². The second kappa shape index (κ2) is 8.23. The summed E-state index contributed by atoms with van der Waals surface area (Å²) in [7, 11) is 0. The number of carboxylic acid groups (broad SMARTS) is 1. The van der Waals surface area contributed by atoms with E-state index < -0.39 is 5.97 Å². The summed E-state index contributed by atoms with van der Waals surface area (Å²) < 4.78 is 28.6. The first-order chi connectivity index (χ1) is 17.0. The number of carboxylic acids is 1. The summed E-state index contributed by atoms with van der Waals surface area (Å²) in [4.78, 5) is 15.5. The molecule has 4 aromatic rings. The maximum atomic E-state index is 14.8. The normalized spacial score (nSPS) is 16.2. The number of carbonyl (C=O) groups is 1. The molecule has 0 fully saturated rings. The van der Waals surface area contributed by atoms with Gasteiger partial charge < -0.3 is 19.9 Å². The van der Waals surface area contributed by atoms with Crippen molar-refractivity contribution in [3.05, 3.63) is 65.0 Å². The lowest BCUT2D eigenvalue weighted by molar-refractivity contribution is -0.136. The molecule has 3 aromatic heterocycles. The van der Waals surface area contributed by atoms with Crippen LogP contribution >= 0.6 is 0 Å². The molecule has 1 aromatic carbocycles. The number of aromatic nitrogens is 4. The number of rotatable bonds is 4.